The van der Waals surface area contributed by atoms with Crippen LogP contribution in [0.3, 0.4) is 0 Å². The minimum atomic E-state index is -3.05. The number of para-hydroxylation sites is 2. The van der Waals surface area contributed by atoms with Gasteiger partial charge >= 0.3 is 0 Å². The topological polar surface area (TPSA) is 86.0 Å². The molecule has 0 amide bonds. The van der Waals surface area contributed by atoms with E-state index in [0.717, 1.165) is 5.69 Å². The summed E-state index contributed by atoms with van der Waals surface area (Å²) in [6.07, 6.45) is 3.24. The first-order valence-electron chi connectivity index (χ1n) is 8.59. The second-order valence-corrected chi connectivity index (χ2v) is 7.36. The summed E-state index contributed by atoms with van der Waals surface area (Å²) >= 11 is 0. The van der Waals surface area contributed by atoms with E-state index in [-0.39, 0.29) is 5.75 Å². The number of nitrogens with two attached hydrogens (primary N) is 2. The fraction of sp³-hybridized carbons (Fsp3) is 0.368. The molecular formula is C19H29N2O3S+. The van der Waals surface area contributed by atoms with Crippen LogP contribution in [0.25, 0.3) is 0 Å². The lowest BCUT2D eigenvalue weighted by molar-refractivity contribution is -0.571. The van der Waals surface area contributed by atoms with Crippen LogP contribution in [0.15, 0.2) is 60.7 Å². The highest BCUT2D eigenvalue weighted by molar-refractivity contribution is 7.86. The van der Waals surface area contributed by atoms with Crippen molar-refractivity contribution in [3.63, 3.8) is 0 Å². The summed E-state index contributed by atoms with van der Waals surface area (Å²) in [5, 5.41) is 2.30. The lowest BCUT2D eigenvalue weighted by atomic mass is 10.3. The first-order valence-corrected chi connectivity index (χ1v) is 10.2. The van der Waals surface area contributed by atoms with Crippen LogP contribution in [-0.2, 0) is 14.3 Å². The van der Waals surface area contributed by atoms with Crippen LogP contribution in [-0.4, -0.2) is 27.3 Å². The minimum Gasteiger partial charge on any atom is -0.399 e. The molecule has 0 bridgehead atoms. The van der Waals surface area contributed by atoms with Gasteiger partial charge in [0.15, 0.2) is 0 Å². The molecule has 1 heterocycles. The maximum Gasteiger partial charge on any atom is 0.267 e. The average Bonchev–Trinajstić information content (AvgIpc) is 3.02. The molecule has 0 radical (unpaired) electrons. The predicted octanol–water partition coefficient (Wildman–Crippen LogP) is 2.69. The molecule has 4 N–H and O–H groups in total. The Morgan fingerprint density at radius 3 is 2.00 bits per heavy atom. The monoisotopic (exact) mass is 365 g/mol. The first kappa shape index (κ1) is 21.2. The Hall–Kier alpha value is -1.89. The number of unbranched alkanes of at least 4 members (excludes halogenated alkanes) is 1. The van der Waals surface area contributed by atoms with Crippen molar-refractivity contribution >= 4 is 21.5 Å². The second-order valence-electron chi connectivity index (χ2n) is 5.61. The van der Waals surface area contributed by atoms with Crippen molar-refractivity contribution in [1.82, 2.24) is 0 Å². The quantitative estimate of drug-likeness (QED) is 0.495. The molecule has 5 nitrogen and oxygen atoms in total. The number of hydrogen-bond acceptors (Lipinski definition) is 4. The molecule has 2 aromatic carbocycles. The number of anilines is 1. The van der Waals surface area contributed by atoms with E-state index in [2.05, 4.69) is 46.8 Å². The number of quaternary nitrogens is 1. The third kappa shape index (κ3) is 11.3. The molecule has 1 aliphatic rings. The van der Waals surface area contributed by atoms with Crippen LogP contribution < -0.4 is 11.1 Å². The molecule has 0 saturated carbocycles. The Kier molecular flexibility index (Phi) is 10.6. The maximum atomic E-state index is 10.2. The molecule has 0 aromatic heterocycles. The van der Waals surface area contributed by atoms with Gasteiger partial charge in [-0.05, 0) is 37.1 Å². The largest absolute Gasteiger partial charge is 0.399 e. The molecule has 1 saturated heterocycles. The normalized spacial score (nSPS) is 14.6. The van der Waals surface area contributed by atoms with Crippen LogP contribution in [0.4, 0.5) is 11.4 Å². The predicted molar refractivity (Wildman–Crippen MR) is 103 cm³/mol. The van der Waals surface area contributed by atoms with Gasteiger partial charge < -0.3 is 11.1 Å². The van der Waals surface area contributed by atoms with Crippen LogP contribution in [0.5, 0.6) is 0 Å². The Labute approximate surface area is 151 Å². The van der Waals surface area contributed by atoms with Crippen molar-refractivity contribution in [3.8, 4) is 0 Å². The number of rotatable bonds is 4. The molecule has 0 atom stereocenters. The summed E-state index contributed by atoms with van der Waals surface area (Å²) in [6, 6.07) is 20.0. The van der Waals surface area contributed by atoms with Crippen molar-refractivity contribution in [1.29, 1.82) is 0 Å². The molecule has 138 valence electrons. The Morgan fingerprint density at radius 1 is 1.04 bits per heavy atom. The summed E-state index contributed by atoms with van der Waals surface area (Å²) in [7, 11) is -3.05. The second kappa shape index (κ2) is 12.5. The highest BCUT2D eigenvalue weighted by atomic mass is 32.2. The van der Waals surface area contributed by atoms with Crippen LogP contribution in [0.1, 0.15) is 26.2 Å². The molecule has 1 aliphatic heterocycles. The zero-order valence-corrected chi connectivity index (χ0v) is 15.6. The van der Waals surface area contributed by atoms with Crippen LogP contribution >= 0.6 is 0 Å². The lowest BCUT2D eigenvalue weighted by Gasteiger charge is -1.97. The average molecular weight is 366 g/mol. The minimum absolute atomic E-state index is 0.201. The highest BCUT2D eigenvalue weighted by Gasteiger charge is 2.16. The Bertz CT molecular complexity index is 650. The Morgan fingerprint density at radius 2 is 1.64 bits per heavy atom. The lowest BCUT2D eigenvalue weighted by Crippen LogP contribution is -2.77. The molecule has 1 fully saturated rings. The van der Waals surface area contributed by atoms with Gasteiger partial charge in [-0.1, -0.05) is 49.7 Å². The fourth-order valence-corrected chi connectivity index (χ4v) is 2.96. The summed E-state index contributed by atoms with van der Waals surface area (Å²) in [5.74, 6) is 0.201. The number of benzene rings is 2. The van der Waals surface area contributed by atoms with Gasteiger partial charge in [0, 0.05) is 5.69 Å². The van der Waals surface area contributed by atoms with E-state index in [0.29, 0.717) is 13.0 Å². The smallest absolute Gasteiger partial charge is 0.267 e. The van der Waals surface area contributed by atoms with Crippen molar-refractivity contribution in [3.05, 3.63) is 60.7 Å². The van der Waals surface area contributed by atoms with Gasteiger partial charge in [-0.15, -0.1) is 0 Å². The van der Waals surface area contributed by atoms with E-state index >= 15 is 0 Å². The third-order valence-corrected chi connectivity index (χ3v) is 4.65. The molecule has 25 heavy (non-hydrogen) atoms. The summed E-state index contributed by atoms with van der Waals surface area (Å²) < 4.78 is 24.7. The van der Waals surface area contributed by atoms with Gasteiger partial charge in [0.1, 0.15) is 5.69 Å². The zero-order valence-electron chi connectivity index (χ0n) is 14.8. The molecule has 0 aliphatic carbocycles. The van der Waals surface area contributed by atoms with Crippen molar-refractivity contribution < 1.29 is 17.9 Å². The van der Waals surface area contributed by atoms with Gasteiger partial charge in [0.25, 0.3) is 10.1 Å². The van der Waals surface area contributed by atoms with E-state index in [4.69, 9.17) is 5.73 Å². The molecule has 0 unspecified atom stereocenters. The van der Waals surface area contributed by atoms with E-state index < -0.39 is 10.1 Å². The standard InChI is InChI=1S/C10H15N.C6H7N.C3H6O3S/c1-2-3-9-11-10-7-5-4-6-8-10;7-6-4-2-1-3-5-6;4-7(5)3-1-2-6-7/h4-8,11H,2-3,9H2,1H3;1-5H,7H2;1-3H2/p+1. The molecule has 0 spiro atoms. The summed E-state index contributed by atoms with van der Waals surface area (Å²) in [6.45, 7) is 3.81. The van der Waals surface area contributed by atoms with E-state index in [1.165, 1.54) is 25.1 Å². The van der Waals surface area contributed by atoms with Gasteiger partial charge in [-0.2, -0.15) is 8.42 Å². The summed E-state index contributed by atoms with van der Waals surface area (Å²) in [5.41, 5.74) is 7.53. The fourth-order valence-electron chi connectivity index (χ4n) is 2.00. The van der Waals surface area contributed by atoms with Gasteiger partial charge in [0.2, 0.25) is 0 Å². The van der Waals surface area contributed by atoms with Crippen LogP contribution in [0.2, 0.25) is 0 Å². The SMILES string of the molecule is CCCC[NH2+]c1ccccc1.Nc1ccccc1.O=S1(=O)CCCO1. The van der Waals surface area contributed by atoms with E-state index in [1.54, 1.807) is 0 Å². The highest BCUT2D eigenvalue weighted by Crippen LogP contribution is 2.04. The van der Waals surface area contributed by atoms with Gasteiger partial charge in [-0.25, -0.2) is 0 Å². The number of hydrogen-bond donors (Lipinski definition) is 2. The van der Waals surface area contributed by atoms with Crippen LogP contribution in [0, 0.1) is 0 Å². The molecule has 6 heteroatoms. The molecule has 2 aromatic rings. The van der Waals surface area contributed by atoms with Crippen molar-refractivity contribution in [2.45, 2.75) is 26.2 Å². The molecule has 3 rings (SSSR count). The van der Waals surface area contributed by atoms with Gasteiger partial charge in [0.05, 0.1) is 18.9 Å². The van der Waals surface area contributed by atoms with Crippen molar-refractivity contribution in [2.24, 2.45) is 0 Å². The summed E-state index contributed by atoms with van der Waals surface area (Å²) in [4.78, 5) is 0. The zero-order chi connectivity index (χ0) is 18.4. The number of nitrogen functional groups attached to an aromatic ring is 1. The van der Waals surface area contributed by atoms with Gasteiger partial charge in [-0.3, -0.25) is 4.18 Å². The maximum absolute atomic E-state index is 10.2. The first-order chi connectivity index (χ1) is 12.0. The Balaban J connectivity index is 0.000000195. The van der Waals surface area contributed by atoms with Crippen molar-refractivity contribution in [2.75, 3.05) is 24.6 Å². The van der Waals surface area contributed by atoms with E-state index in [1.807, 2.05) is 30.3 Å². The van der Waals surface area contributed by atoms with E-state index in [9.17, 15) is 8.42 Å². The molecular weight excluding hydrogens is 336 g/mol. The third-order valence-electron chi connectivity index (χ3n) is 3.34.